The molecule has 1 aliphatic carbocycles. The molecule has 2 aromatic heterocycles. The summed E-state index contributed by atoms with van der Waals surface area (Å²) in [5.41, 5.74) is 0.740. The molecule has 27 heavy (non-hydrogen) atoms. The van der Waals surface area contributed by atoms with Crippen molar-refractivity contribution in [2.24, 2.45) is 11.8 Å². The van der Waals surface area contributed by atoms with E-state index in [9.17, 15) is 9.59 Å². The van der Waals surface area contributed by atoms with Crippen LogP contribution < -0.4 is 10.9 Å². The first-order chi connectivity index (χ1) is 13.2. The number of fused-ring (bicyclic) bond motifs is 1. The first kappa shape index (κ1) is 17.4. The van der Waals surface area contributed by atoms with E-state index >= 15 is 0 Å². The van der Waals surface area contributed by atoms with Gasteiger partial charge in [-0.1, -0.05) is 18.2 Å². The minimum Gasteiger partial charge on any atom is -0.310 e. The Kier molecular flexibility index (Phi) is 4.96. The Labute approximate surface area is 157 Å². The first-order valence-corrected chi connectivity index (χ1v) is 9.37. The highest BCUT2D eigenvalue weighted by atomic mass is 16.2. The Morgan fingerprint density at radius 1 is 1.04 bits per heavy atom. The summed E-state index contributed by atoms with van der Waals surface area (Å²) in [6.45, 7) is 0.658. The van der Waals surface area contributed by atoms with Gasteiger partial charge >= 0.3 is 0 Å². The topological polar surface area (TPSA) is 76.9 Å². The van der Waals surface area contributed by atoms with Gasteiger partial charge in [0.2, 0.25) is 5.91 Å². The fourth-order valence-corrected chi connectivity index (χ4v) is 3.79. The van der Waals surface area contributed by atoms with Crippen molar-refractivity contribution in [3.8, 4) is 0 Å². The summed E-state index contributed by atoms with van der Waals surface area (Å²) < 4.78 is 1.71. The van der Waals surface area contributed by atoms with Crippen LogP contribution in [-0.4, -0.2) is 20.4 Å². The summed E-state index contributed by atoms with van der Waals surface area (Å²) in [4.78, 5) is 33.6. The van der Waals surface area contributed by atoms with E-state index in [0.717, 1.165) is 31.2 Å². The standard InChI is InChI=1S/C21H22N4O2/c26-20(24-19-7-3-4-12-22-19)16-10-8-15(9-11-16)13-25-14-23-18-6-2-1-5-17(18)21(25)27/h1-7,12,14-16H,8-11,13H2,(H,22,24,26). The second-order valence-electron chi connectivity index (χ2n) is 7.14. The van der Waals surface area contributed by atoms with Crippen molar-refractivity contribution >= 4 is 22.6 Å². The van der Waals surface area contributed by atoms with E-state index in [4.69, 9.17) is 0 Å². The summed E-state index contributed by atoms with van der Waals surface area (Å²) in [7, 11) is 0. The van der Waals surface area contributed by atoms with Gasteiger partial charge in [-0.15, -0.1) is 0 Å². The summed E-state index contributed by atoms with van der Waals surface area (Å²) in [6, 6.07) is 12.9. The Hall–Kier alpha value is -3.02. The summed E-state index contributed by atoms with van der Waals surface area (Å²) in [5.74, 6) is 1.04. The molecular weight excluding hydrogens is 340 g/mol. The molecule has 0 aliphatic heterocycles. The predicted octanol–water partition coefficient (Wildman–Crippen LogP) is 3.24. The van der Waals surface area contributed by atoms with Crippen molar-refractivity contribution < 1.29 is 4.79 Å². The summed E-state index contributed by atoms with van der Waals surface area (Å²) >= 11 is 0. The van der Waals surface area contributed by atoms with Crippen LogP contribution in [0.15, 0.2) is 59.8 Å². The zero-order valence-corrected chi connectivity index (χ0v) is 15.0. The van der Waals surface area contributed by atoms with E-state index in [2.05, 4.69) is 15.3 Å². The maximum atomic E-state index is 12.6. The minimum absolute atomic E-state index is 0.00899. The van der Waals surface area contributed by atoms with Crippen molar-refractivity contribution in [3.63, 3.8) is 0 Å². The van der Waals surface area contributed by atoms with Crippen LogP contribution in [0.1, 0.15) is 25.7 Å². The van der Waals surface area contributed by atoms with Crippen molar-refractivity contribution in [1.82, 2.24) is 14.5 Å². The molecular formula is C21H22N4O2. The molecule has 3 aromatic rings. The third-order valence-electron chi connectivity index (χ3n) is 5.32. The van der Waals surface area contributed by atoms with Gasteiger partial charge in [0, 0.05) is 18.7 Å². The van der Waals surface area contributed by atoms with Gasteiger partial charge in [-0.3, -0.25) is 14.2 Å². The maximum Gasteiger partial charge on any atom is 0.261 e. The van der Waals surface area contributed by atoms with Crippen LogP contribution in [0.4, 0.5) is 5.82 Å². The van der Waals surface area contributed by atoms with Crippen molar-refractivity contribution in [3.05, 3.63) is 65.3 Å². The predicted molar refractivity (Wildman–Crippen MR) is 104 cm³/mol. The van der Waals surface area contributed by atoms with Crippen LogP contribution in [0.3, 0.4) is 0 Å². The van der Waals surface area contributed by atoms with Crippen molar-refractivity contribution in [1.29, 1.82) is 0 Å². The number of carbonyl (C=O) groups is 1. The van der Waals surface area contributed by atoms with E-state index in [1.54, 1.807) is 23.2 Å². The summed E-state index contributed by atoms with van der Waals surface area (Å²) in [5, 5.41) is 3.55. The molecule has 1 aromatic carbocycles. The lowest BCUT2D eigenvalue weighted by atomic mass is 9.81. The lowest BCUT2D eigenvalue weighted by Gasteiger charge is -2.28. The van der Waals surface area contributed by atoms with Gasteiger partial charge in [-0.25, -0.2) is 9.97 Å². The van der Waals surface area contributed by atoms with E-state index in [0.29, 0.717) is 23.7 Å². The van der Waals surface area contributed by atoms with Crippen LogP contribution >= 0.6 is 0 Å². The number of benzene rings is 1. The smallest absolute Gasteiger partial charge is 0.261 e. The molecule has 0 spiro atoms. The highest BCUT2D eigenvalue weighted by molar-refractivity contribution is 5.91. The SMILES string of the molecule is O=C(Nc1ccccn1)C1CCC(Cn2cnc3ccccc3c2=O)CC1. The molecule has 0 saturated heterocycles. The number of pyridine rings is 1. The molecule has 4 rings (SSSR count). The molecule has 0 atom stereocenters. The van der Waals surface area contributed by atoms with Gasteiger partial charge in [0.15, 0.2) is 0 Å². The maximum absolute atomic E-state index is 12.6. The number of para-hydroxylation sites is 1. The molecule has 1 fully saturated rings. The number of anilines is 1. The number of hydrogen-bond donors (Lipinski definition) is 1. The van der Waals surface area contributed by atoms with Crippen LogP contribution in [0.2, 0.25) is 0 Å². The molecule has 1 aliphatic rings. The Bertz CT molecular complexity index is 992. The fourth-order valence-electron chi connectivity index (χ4n) is 3.79. The fraction of sp³-hybridized carbons (Fsp3) is 0.333. The first-order valence-electron chi connectivity index (χ1n) is 9.37. The molecule has 0 bridgehead atoms. The van der Waals surface area contributed by atoms with Gasteiger partial charge in [-0.05, 0) is 55.9 Å². The van der Waals surface area contributed by atoms with Gasteiger partial charge in [0.1, 0.15) is 5.82 Å². The molecule has 0 unspecified atom stereocenters. The Morgan fingerprint density at radius 2 is 1.81 bits per heavy atom. The van der Waals surface area contributed by atoms with Crippen LogP contribution in [0.25, 0.3) is 10.9 Å². The number of amides is 1. The second-order valence-corrected chi connectivity index (χ2v) is 7.14. The minimum atomic E-state index is 0.00899. The van der Waals surface area contributed by atoms with Crippen LogP contribution in [0.5, 0.6) is 0 Å². The number of aromatic nitrogens is 3. The van der Waals surface area contributed by atoms with Gasteiger partial charge in [0.05, 0.1) is 17.2 Å². The van der Waals surface area contributed by atoms with Gasteiger partial charge in [-0.2, -0.15) is 0 Å². The zero-order valence-electron chi connectivity index (χ0n) is 15.0. The van der Waals surface area contributed by atoms with Crippen LogP contribution in [-0.2, 0) is 11.3 Å². The normalized spacial score (nSPS) is 19.7. The van der Waals surface area contributed by atoms with E-state index in [1.807, 2.05) is 36.4 Å². The van der Waals surface area contributed by atoms with Crippen molar-refractivity contribution in [2.45, 2.75) is 32.2 Å². The number of carbonyl (C=O) groups excluding carboxylic acids is 1. The van der Waals surface area contributed by atoms with Gasteiger partial charge < -0.3 is 5.32 Å². The molecule has 1 N–H and O–H groups in total. The third-order valence-corrected chi connectivity index (χ3v) is 5.32. The third kappa shape index (κ3) is 3.89. The molecule has 138 valence electrons. The molecule has 6 heteroatoms. The lowest BCUT2D eigenvalue weighted by Crippen LogP contribution is -2.30. The molecule has 1 amide bonds. The number of rotatable bonds is 4. The number of hydrogen-bond acceptors (Lipinski definition) is 4. The van der Waals surface area contributed by atoms with E-state index in [-0.39, 0.29) is 17.4 Å². The molecule has 6 nitrogen and oxygen atoms in total. The monoisotopic (exact) mass is 362 g/mol. The Morgan fingerprint density at radius 3 is 2.59 bits per heavy atom. The highest BCUT2D eigenvalue weighted by Crippen LogP contribution is 2.30. The van der Waals surface area contributed by atoms with Crippen LogP contribution in [0, 0.1) is 11.8 Å². The van der Waals surface area contributed by atoms with Gasteiger partial charge in [0.25, 0.3) is 5.56 Å². The lowest BCUT2D eigenvalue weighted by molar-refractivity contribution is -0.121. The zero-order chi connectivity index (χ0) is 18.6. The van der Waals surface area contributed by atoms with E-state index < -0.39 is 0 Å². The largest absolute Gasteiger partial charge is 0.310 e. The molecule has 2 heterocycles. The van der Waals surface area contributed by atoms with Crippen molar-refractivity contribution in [2.75, 3.05) is 5.32 Å². The molecule has 1 saturated carbocycles. The Balaban J connectivity index is 1.36. The number of nitrogens with zero attached hydrogens (tertiary/aromatic N) is 3. The summed E-state index contributed by atoms with van der Waals surface area (Å²) in [6.07, 6.45) is 6.84. The highest BCUT2D eigenvalue weighted by Gasteiger charge is 2.27. The average Bonchev–Trinajstić information content (AvgIpc) is 2.71. The second kappa shape index (κ2) is 7.70. The average molecular weight is 362 g/mol. The molecule has 0 radical (unpaired) electrons. The number of nitrogens with one attached hydrogen (secondary N) is 1. The van der Waals surface area contributed by atoms with E-state index in [1.165, 1.54) is 0 Å². The quantitative estimate of drug-likeness (QED) is 0.773.